The summed E-state index contributed by atoms with van der Waals surface area (Å²) in [5, 5.41) is 1.54. The van der Waals surface area contributed by atoms with Crippen molar-refractivity contribution in [2.75, 3.05) is 6.61 Å². The second-order valence-corrected chi connectivity index (χ2v) is 7.05. The molecule has 0 saturated heterocycles. The maximum Gasteiger partial charge on any atom is 0.422 e. The molecule has 2 aromatic carbocycles. The average molecular weight is 435 g/mol. The summed E-state index contributed by atoms with van der Waals surface area (Å²) in [4.78, 5) is 24.0. The molecule has 0 bridgehead atoms. The van der Waals surface area contributed by atoms with E-state index in [2.05, 4.69) is 0 Å². The van der Waals surface area contributed by atoms with Crippen LogP contribution in [0.4, 0.5) is 0 Å². The van der Waals surface area contributed by atoms with Crippen molar-refractivity contribution in [2.45, 2.75) is 13.0 Å². The van der Waals surface area contributed by atoms with Crippen LogP contribution in [-0.2, 0) is 6.54 Å². The van der Waals surface area contributed by atoms with Crippen LogP contribution in [0.5, 0.6) is 5.75 Å². The topological polar surface area (TPSA) is 61.4 Å². The Balaban J connectivity index is 1.82. The van der Waals surface area contributed by atoms with E-state index in [0.29, 0.717) is 22.2 Å². The maximum atomic E-state index is 12.1. The molecule has 0 N–H and O–H groups in total. The highest BCUT2D eigenvalue weighted by Gasteiger charge is 2.14. The summed E-state index contributed by atoms with van der Waals surface area (Å²) in [6.45, 7) is 0.483. The van der Waals surface area contributed by atoms with Crippen molar-refractivity contribution in [3.05, 3.63) is 71.4 Å². The van der Waals surface area contributed by atoms with Gasteiger partial charge in [-0.25, -0.2) is 9.59 Å². The fourth-order valence-electron chi connectivity index (χ4n) is 2.47. The Hall–Kier alpha value is -1.66. The molecular formula is C17H11Cl4NO4. The van der Waals surface area contributed by atoms with Crippen molar-refractivity contribution in [2.24, 2.45) is 0 Å². The molecule has 0 aliphatic rings. The van der Waals surface area contributed by atoms with Crippen molar-refractivity contribution < 1.29 is 9.15 Å². The van der Waals surface area contributed by atoms with Crippen LogP contribution in [0.2, 0.25) is 20.1 Å². The van der Waals surface area contributed by atoms with Gasteiger partial charge in [0.1, 0.15) is 5.75 Å². The van der Waals surface area contributed by atoms with Crippen LogP contribution in [0, 0.1) is 0 Å². The molecule has 26 heavy (non-hydrogen) atoms. The molecule has 0 fully saturated rings. The van der Waals surface area contributed by atoms with Crippen molar-refractivity contribution >= 4 is 57.3 Å². The highest BCUT2D eigenvalue weighted by Crippen LogP contribution is 2.28. The van der Waals surface area contributed by atoms with Gasteiger partial charge in [0.2, 0.25) is 0 Å². The highest BCUT2D eigenvalue weighted by molar-refractivity contribution is 6.38. The average Bonchev–Trinajstić information content (AvgIpc) is 2.57. The molecule has 3 aromatic rings. The Morgan fingerprint density at radius 3 is 2.50 bits per heavy atom. The van der Waals surface area contributed by atoms with Gasteiger partial charge in [0, 0.05) is 22.7 Å². The van der Waals surface area contributed by atoms with Crippen LogP contribution in [0.1, 0.15) is 6.42 Å². The molecule has 0 atom stereocenters. The minimum atomic E-state index is -0.799. The Morgan fingerprint density at radius 1 is 0.962 bits per heavy atom. The molecule has 9 heteroatoms. The molecule has 0 amide bonds. The lowest BCUT2D eigenvalue weighted by Crippen LogP contribution is -2.26. The Labute approximate surface area is 167 Å². The van der Waals surface area contributed by atoms with Crippen molar-refractivity contribution in [3.63, 3.8) is 0 Å². The van der Waals surface area contributed by atoms with Gasteiger partial charge in [-0.2, -0.15) is 0 Å². The molecule has 3 rings (SSSR count). The molecule has 0 aliphatic carbocycles. The number of hydrogen-bond donors (Lipinski definition) is 0. The number of aromatic nitrogens is 1. The number of ether oxygens (including phenoxy) is 1. The lowest BCUT2D eigenvalue weighted by Gasteiger charge is -2.11. The van der Waals surface area contributed by atoms with Crippen LogP contribution in [-0.4, -0.2) is 11.2 Å². The summed E-state index contributed by atoms with van der Waals surface area (Å²) < 4.78 is 11.6. The molecule has 0 unspecified atom stereocenters. The molecule has 0 saturated carbocycles. The predicted molar refractivity (Wildman–Crippen MR) is 103 cm³/mol. The molecule has 0 aliphatic heterocycles. The normalized spacial score (nSPS) is 11.1. The third kappa shape index (κ3) is 4.01. The second kappa shape index (κ2) is 7.92. The number of aryl methyl sites for hydroxylation is 1. The molecule has 5 nitrogen and oxygen atoms in total. The summed E-state index contributed by atoms with van der Waals surface area (Å²) in [6.07, 6.45) is 0.435. The van der Waals surface area contributed by atoms with Gasteiger partial charge in [0.05, 0.1) is 27.6 Å². The van der Waals surface area contributed by atoms with Crippen molar-refractivity contribution in [1.29, 1.82) is 0 Å². The minimum Gasteiger partial charge on any atom is -0.492 e. The fourth-order valence-corrected chi connectivity index (χ4v) is 3.40. The first-order chi connectivity index (χ1) is 12.4. The number of halogens is 4. The van der Waals surface area contributed by atoms with E-state index in [4.69, 9.17) is 55.6 Å². The van der Waals surface area contributed by atoms with E-state index >= 15 is 0 Å². The van der Waals surface area contributed by atoms with E-state index in [1.54, 1.807) is 18.2 Å². The highest BCUT2D eigenvalue weighted by atomic mass is 35.5. The maximum absolute atomic E-state index is 12.1. The number of benzene rings is 2. The van der Waals surface area contributed by atoms with Crippen molar-refractivity contribution in [1.82, 2.24) is 4.57 Å². The lowest BCUT2D eigenvalue weighted by atomic mass is 10.2. The van der Waals surface area contributed by atoms with Gasteiger partial charge in [-0.05, 0) is 30.7 Å². The quantitative estimate of drug-likeness (QED) is 0.528. The summed E-state index contributed by atoms with van der Waals surface area (Å²) in [7, 11) is 0. The van der Waals surface area contributed by atoms with E-state index in [1.807, 2.05) is 0 Å². The smallest absolute Gasteiger partial charge is 0.422 e. The fraction of sp³-hybridized carbons (Fsp3) is 0.176. The Kier molecular flexibility index (Phi) is 5.82. The number of rotatable bonds is 5. The first-order valence-corrected chi connectivity index (χ1v) is 8.98. The Bertz CT molecular complexity index is 1090. The van der Waals surface area contributed by atoms with E-state index < -0.39 is 11.4 Å². The van der Waals surface area contributed by atoms with Gasteiger partial charge in [0.15, 0.2) is 0 Å². The van der Waals surface area contributed by atoms with Gasteiger partial charge in [-0.15, -0.1) is 0 Å². The molecular weight excluding hydrogens is 424 g/mol. The first kappa shape index (κ1) is 19.1. The lowest BCUT2D eigenvalue weighted by molar-refractivity contribution is 0.297. The molecule has 1 aromatic heterocycles. The summed E-state index contributed by atoms with van der Waals surface area (Å²) in [6, 6.07) is 7.76. The van der Waals surface area contributed by atoms with Gasteiger partial charge >= 0.3 is 11.4 Å². The zero-order valence-corrected chi connectivity index (χ0v) is 16.1. The van der Waals surface area contributed by atoms with Crippen molar-refractivity contribution in [3.8, 4) is 5.75 Å². The van der Waals surface area contributed by atoms with Gasteiger partial charge in [0.25, 0.3) is 0 Å². The molecule has 0 spiro atoms. The van der Waals surface area contributed by atoms with Gasteiger partial charge < -0.3 is 9.15 Å². The van der Waals surface area contributed by atoms with Crippen LogP contribution in [0.3, 0.4) is 0 Å². The van der Waals surface area contributed by atoms with E-state index in [1.165, 1.54) is 16.7 Å². The largest absolute Gasteiger partial charge is 0.492 e. The standard InChI is InChI=1S/C17H11Cl4NO4/c18-9-2-3-12(20)14(8-9)25-5-1-4-22-15-11(16(23)26-17(22)24)6-10(19)7-13(15)21/h2-3,6-8H,1,4-5H2. The Morgan fingerprint density at radius 2 is 1.73 bits per heavy atom. The SMILES string of the molecule is O=c1oc(=O)n(CCCOc2cc(Cl)ccc2Cl)c2c(Cl)cc(Cl)cc12. The summed E-state index contributed by atoms with van der Waals surface area (Å²) in [5.41, 5.74) is -0.509. The molecule has 0 radical (unpaired) electrons. The first-order valence-electron chi connectivity index (χ1n) is 7.47. The van der Waals surface area contributed by atoms with Gasteiger partial charge in [-0.1, -0.05) is 46.4 Å². The van der Waals surface area contributed by atoms with Crippen LogP contribution in [0.25, 0.3) is 10.9 Å². The summed E-state index contributed by atoms with van der Waals surface area (Å²) >= 11 is 24.0. The molecule has 136 valence electrons. The second-order valence-electron chi connectivity index (χ2n) is 5.37. The third-order valence-corrected chi connectivity index (χ3v) is 4.65. The minimum absolute atomic E-state index is 0.140. The monoisotopic (exact) mass is 433 g/mol. The van der Waals surface area contributed by atoms with Crippen LogP contribution in [0.15, 0.2) is 44.3 Å². The van der Waals surface area contributed by atoms with Crippen LogP contribution >= 0.6 is 46.4 Å². The summed E-state index contributed by atoms with van der Waals surface area (Å²) in [5.74, 6) is -0.353. The number of fused-ring (bicyclic) bond motifs is 1. The molecule has 1 heterocycles. The number of nitrogens with zero attached hydrogens (tertiary/aromatic N) is 1. The zero-order valence-electron chi connectivity index (χ0n) is 13.1. The van der Waals surface area contributed by atoms with E-state index in [0.717, 1.165) is 0 Å². The predicted octanol–water partition coefficient (Wildman–Crippen LogP) is 5.04. The van der Waals surface area contributed by atoms with E-state index in [9.17, 15) is 9.59 Å². The van der Waals surface area contributed by atoms with E-state index in [-0.39, 0.29) is 34.1 Å². The van der Waals surface area contributed by atoms with Crippen LogP contribution < -0.4 is 16.1 Å². The third-order valence-electron chi connectivity index (χ3n) is 3.60. The number of hydrogen-bond acceptors (Lipinski definition) is 4. The zero-order chi connectivity index (χ0) is 18.8. The van der Waals surface area contributed by atoms with Gasteiger partial charge in [-0.3, -0.25) is 4.57 Å².